The summed E-state index contributed by atoms with van der Waals surface area (Å²) in [5.41, 5.74) is 2.21. The lowest BCUT2D eigenvalue weighted by Gasteiger charge is -2.26. The summed E-state index contributed by atoms with van der Waals surface area (Å²) >= 11 is 0. The Labute approximate surface area is 263 Å². The van der Waals surface area contributed by atoms with E-state index in [4.69, 9.17) is 4.74 Å². The maximum Gasteiger partial charge on any atom is 0.321 e. The van der Waals surface area contributed by atoms with Gasteiger partial charge >= 0.3 is 6.01 Å². The Morgan fingerprint density at radius 3 is 2.49 bits per heavy atom. The van der Waals surface area contributed by atoms with E-state index in [9.17, 15) is 19.2 Å². The van der Waals surface area contributed by atoms with Crippen LogP contribution in [0.25, 0.3) is 10.9 Å². The summed E-state index contributed by atoms with van der Waals surface area (Å²) < 4.78 is 7.71. The molecular weight excluding hydrogens is 570 g/mol. The molecule has 1 aromatic carbocycles. The third-order valence-corrected chi connectivity index (χ3v) is 10.3. The minimum absolute atomic E-state index is 0.0477. The maximum atomic E-state index is 14.1. The van der Waals surface area contributed by atoms with Crippen LogP contribution in [0, 0.1) is 17.8 Å². The van der Waals surface area contributed by atoms with Crippen molar-refractivity contribution in [2.45, 2.75) is 117 Å². The molecule has 0 spiro atoms. The van der Waals surface area contributed by atoms with E-state index in [2.05, 4.69) is 15.1 Å². The second-order valence-corrected chi connectivity index (χ2v) is 14.0. The fourth-order valence-electron chi connectivity index (χ4n) is 7.51. The second kappa shape index (κ2) is 11.8. The number of carbonyl (C=O) groups is 4. The average molecular weight is 614 g/mol. The number of Topliss-reactive ketones (excluding diaryl/α,β-unsaturated/α-hetero) is 3. The number of rotatable bonds is 5. The summed E-state index contributed by atoms with van der Waals surface area (Å²) in [6.45, 7) is 9.21. The summed E-state index contributed by atoms with van der Waals surface area (Å²) in [6.07, 6.45) is 10.5. The van der Waals surface area contributed by atoms with Crippen molar-refractivity contribution < 1.29 is 23.9 Å². The number of carbonyl (C=O) groups excluding carboxylic acids is 4. The van der Waals surface area contributed by atoms with Crippen LogP contribution in [0.5, 0.6) is 11.8 Å². The van der Waals surface area contributed by atoms with E-state index in [0.29, 0.717) is 43.2 Å². The number of nitrogens with zero attached hydrogens (tertiary/aromatic N) is 5. The number of ether oxygens (including phenoxy) is 1. The van der Waals surface area contributed by atoms with Gasteiger partial charge in [-0.3, -0.25) is 23.9 Å². The van der Waals surface area contributed by atoms with Crippen LogP contribution < -0.4 is 4.74 Å². The molecule has 4 heterocycles. The Hall–Kier alpha value is -3.95. The Morgan fingerprint density at radius 1 is 1.02 bits per heavy atom. The highest BCUT2D eigenvalue weighted by atomic mass is 16.5. The van der Waals surface area contributed by atoms with Crippen LogP contribution in [-0.2, 0) is 27.3 Å². The molecule has 10 nitrogen and oxygen atoms in total. The average Bonchev–Trinajstić information content (AvgIpc) is 3.41. The monoisotopic (exact) mass is 613 g/mol. The van der Waals surface area contributed by atoms with Crippen LogP contribution in [-0.4, -0.2) is 60.0 Å². The lowest BCUT2D eigenvalue weighted by atomic mass is 9.79. The van der Waals surface area contributed by atoms with Crippen molar-refractivity contribution in [1.82, 2.24) is 24.6 Å². The molecule has 1 aliphatic carbocycles. The third-order valence-electron chi connectivity index (χ3n) is 10.3. The first kappa shape index (κ1) is 31.0. The van der Waals surface area contributed by atoms with Gasteiger partial charge in [0.15, 0.2) is 11.6 Å². The summed E-state index contributed by atoms with van der Waals surface area (Å²) in [5.74, 6) is 0.406. The molecule has 2 fully saturated rings. The van der Waals surface area contributed by atoms with Gasteiger partial charge in [-0.1, -0.05) is 33.6 Å². The lowest BCUT2D eigenvalue weighted by molar-refractivity contribution is -0.139. The van der Waals surface area contributed by atoms with Gasteiger partial charge in [0, 0.05) is 49.0 Å². The lowest BCUT2D eigenvalue weighted by Crippen LogP contribution is -2.44. The van der Waals surface area contributed by atoms with Crippen LogP contribution in [0.4, 0.5) is 0 Å². The molecule has 0 unspecified atom stereocenters. The zero-order valence-corrected chi connectivity index (χ0v) is 27.0. The maximum absolute atomic E-state index is 14.1. The van der Waals surface area contributed by atoms with Gasteiger partial charge in [-0.2, -0.15) is 5.10 Å². The number of aromatic nitrogens is 4. The minimum Gasteiger partial charge on any atom is -0.424 e. The molecule has 0 N–H and O–H groups in total. The first-order valence-corrected chi connectivity index (χ1v) is 16.3. The number of aryl methyl sites for hydroxylation is 2. The predicted molar refractivity (Wildman–Crippen MR) is 168 cm³/mol. The third kappa shape index (κ3) is 5.91. The first-order valence-electron chi connectivity index (χ1n) is 16.3. The van der Waals surface area contributed by atoms with Crippen molar-refractivity contribution in [2.24, 2.45) is 10.8 Å². The van der Waals surface area contributed by atoms with Gasteiger partial charge in [0.05, 0.1) is 11.6 Å². The first-order chi connectivity index (χ1) is 21.4. The van der Waals surface area contributed by atoms with Crippen LogP contribution in [0.2, 0.25) is 0 Å². The van der Waals surface area contributed by atoms with Crippen molar-refractivity contribution >= 4 is 34.2 Å². The molecule has 0 radical (unpaired) electrons. The van der Waals surface area contributed by atoms with Crippen molar-refractivity contribution in [3.8, 4) is 11.8 Å². The van der Waals surface area contributed by atoms with E-state index in [-0.39, 0.29) is 53.0 Å². The van der Waals surface area contributed by atoms with Crippen LogP contribution in [0.15, 0.2) is 24.5 Å². The molecule has 45 heavy (non-hydrogen) atoms. The SMILES string of the molecule is CCC(=O)[C@@H]1C[C@]23CCC(=O)C(C)(C)CCCCCc4cc(Oc5ncc(C)cn5)cc5c(C(C)=O)nn(c45)CC(=O)N1[C@@H]2C3. The van der Waals surface area contributed by atoms with Gasteiger partial charge in [0.25, 0.3) is 0 Å². The molecule has 1 amide bonds. The van der Waals surface area contributed by atoms with Gasteiger partial charge in [-0.25, -0.2) is 9.97 Å². The highest BCUT2D eigenvalue weighted by Crippen LogP contribution is 2.62. The van der Waals surface area contributed by atoms with Crippen molar-refractivity contribution in [3.63, 3.8) is 0 Å². The molecule has 6 rings (SSSR count). The van der Waals surface area contributed by atoms with Crippen LogP contribution in [0.1, 0.15) is 107 Å². The molecule has 238 valence electrons. The van der Waals surface area contributed by atoms with E-state index >= 15 is 0 Å². The number of piperidine rings is 1. The van der Waals surface area contributed by atoms with Crippen LogP contribution >= 0.6 is 0 Å². The van der Waals surface area contributed by atoms with Crippen LogP contribution in [0.3, 0.4) is 0 Å². The predicted octanol–water partition coefficient (Wildman–Crippen LogP) is 5.96. The molecule has 2 bridgehead atoms. The molecule has 3 aromatic rings. The van der Waals surface area contributed by atoms with Gasteiger partial charge in [0.1, 0.15) is 23.8 Å². The summed E-state index contributed by atoms with van der Waals surface area (Å²) in [5, 5.41) is 5.30. The van der Waals surface area contributed by atoms with Gasteiger partial charge in [0.2, 0.25) is 5.91 Å². The van der Waals surface area contributed by atoms with E-state index in [1.165, 1.54) is 6.92 Å². The largest absolute Gasteiger partial charge is 0.424 e. The van der Waals surface area contributed by atoms with Crippen molar-refractivity contribution in [2.75, 3.05) is 0 Å². The molecule has 10 heteroatoms. The molecule has 2 aliphatic heterocycles. The van der Waals surface area contributed by atoms with Gasteiger partial charge in [-0.05, 0) is 74.1 Å². The topological polar surface area (TPSA) is 124 Å². The molecule has 2 aromatic heterocycles. The quantitative estimate of drug-likeness (QED) is 0.323. The minimum atomic E-state index is -0.494. The molecule has 3 aliphatic rings. The van der Waals surface area contributed by atoms with Crippen molar-refractivity contribution in [3.05, 3.63) is 41.3 Å². The number of ketones is 3. The zero-order valence-electron chi connectivity index (χ0n) is 27.0. The Morgan fingerprint density at radius 2 is 1.78 bits per heavy atom. The van der Waals surface area contributed by atoms with Gasteiger partial charge in [-0.15, -0.1) is 0 Å². The standard InChI is InChI=1S/C35H43N5O5/c1-6-27(42)26-16-35-13-11-29(43)34(4,5)12-9-7-8-10-23-14-24(45-33-36-18-21(2)19-37-33)15-25-31(22(3)41)38-39(32(23)25)20-30(44)40(26)28(35)17-35/h14-15,18-19,26,28H,6-13,16-17,20H2,1-5H3/t26-,28+,35-/m0/s1. The number of amides is 1. The van der Waals surface area contributed by atoms with E-state index in [1.807, 2.05) is 33.8 Å². The Bertz CT molecular complexity index is 1680. The summed E-state index contributed by atoms with van der Waals surface area (Å²) in [6, 6.07) is 3.34. The van der Waals surface area contributed by atoms with Gasteiger partial charge < -0.3 is 9.64 Å². The number of hydrogen-bond acceptors (Lipinski definition) is 8. The van der Waals surface area contributed by atoms with E-state index < -0.39 is 11.5 Å². The number of hydrogen-bond donors (Lipinski definition) is 0. The molecule has 3 atom stereocenters. The molecule has 1 saturated carbocycles. The van der Waals surface area contributed by atoms with E-state index in [1.54, 1.807) is 28.0 Å². The second-order valence-electron chi connectivity index (χ2n) is 14.0. The highest BCUT2D eigenvalue weighted by Gasteiger charge is 2.66. The fourth-order valence-corrected chi connectivity index (χ4v) is 7.51. The van der Waals surface area contributed by atoms with E-state index in [0.717, 1.165) is 48.7 Å². The summed E-state index contributed by atoms with van der Waals surface area (Å²) in [7, 11) is 0. The smallest absolute Gasteiger partial charge is 0.321 e. The Kier molecular flexibility index (Phi) is 8.12. The zero-order chi connectivity index (χ0) is 32.1. The molecule has 1 saturated heterocycles. The fraction of sp³-hybridized carbons (Fsp3) is 0.571. The Balaban J connectivity index is 1.42. The number of benzene rings is 1. The van der Waals surface area contributed by atoms with Crippen molar-refractivity contribution in [1.29, 1.82) is 0 Å². The highest BCUT2D eigenvalue weighted by molar-refractivity contribution is 6.06. The summed E-state index contributed by atoms with van der Waals surface area (Å²) in [4.78, 5) is 63.9. The molecular formula is C35H43N5O5. The normalized spacial score (nSPS) is 25.1.